The van der Waals surface area contributed by atoms with Crippen molar-refractivity contribution in [2.45, 2.75) is 38.6 Å². The highest BCUT2D eigenvalue weighted by molar-refractivity contribution is 5.77. The number of amides is 1. The highest BCUT2D eigenvalue weighted by Gasteiger charge is 2.40. The van der Waals surface area contributed by atoms with Gasteiger partial charge in [-0.2, -0.15) is 0 Å². The minimum Gasteiger partial charge on any atom is -0.385 e. The average Bonchev–Trinajstić information content (AvgIpc) is 2.73. The van der Waals surface area contributed by atoms with Gasteiger partial charge in [0.15, 0.2) is 0 Å². The topological polar surface area (TPSA) is 67.2 Å². The zero-order valence-electron chi connectivity index (χ0n) is 17.2. The van der Waals surface area contributed by atoms with Crippen molar-refractivity contribution in [2.75, 3.05) is 39.9 Å². The molecule has 156 valence electrons. The lowest BCUT2D eigenvalue weighted by Gasteiger charge is -2.47. The van der Waals surface area contributed by atoms with Crippen molar-refractivity contribution in [1.29, 1.82) is 0 Å². The van der Waals surface area contributed by atoms with E-state index in [1.165, 1.54) is 0 Å². The second-order valence-corrected chi connectivity index (χ2v) is 8.45. The Balaban J connectivity index is 1.37. The fourth-order valence-corrected chi connectivity index (χ4v) is 4.71. The molecule has 0 N–H and O–H groups in total. The minimum atomic E-state index is -0.0310. The van der Waals surface area contributed by atoms with Crippen LogP contribution < -0.4 is 5.56 Å². The van der Waals surface area contributed by atoms with Crippen LogP contribution in [0.5, 0.6) is 0 Å². The number of nitrogens with zero attached hydrogens (tertiary/aromatic N) is 4. The van der Waals surface area contributed by atoms with Gasteiger partial charge in [-0.1, -0.05) is 6.07 Å². The van der Waals surface area contributed by atoms with Gasteiger partial charge >= 0.3 is 0 Å². The Kier molecular flexibility index (Phi) is 5.96. The van der Waals surface area contributed by atoms with Crippen molar-refractivity contribution in [2.24, 2.45) is 5.41 Å². The van der Waals surface area contributed by atoms with E-state index in [-0.39, 0.29) is 16.9 Å². The van der Waals surface area contributed by atoms with Gasteiger partial charge in [0.2, 0.25) is 5.91 Å². The van der Waals surface area contributed by atoms with E-state index in [4.69, 9.17) is 4.74 Å². The molecule has 2 aliphatic heterocycles. The van der Waals surface area contributed by atoms with Crippen LogP contribution in [0.1, 0.15) is 37.8 Å². The third-order valence-corrected chi connectivity index (χ3v) is 6.45. The van der Waals surface area contributed by atoms with Crippen molar-refractivity contribution in [3.8, 4) is 0 Å². The number of pyridine rings is 1. The molecule has 7 nitrogen and oxygen atoms in total. The van der Waals surface area contributed by atoms with E-state index in [9.17, 15) is 9.59 Å². The summed E-state index contributed by atoms with van der Waals surface area (Å²) in [4.78, 5) is 33.7. The van der Waals surface area contributed by atoms with E-state index in [0.29, 0.717) is 25.2 Å². The Morgan fingerprint density at radius 3 is 2.79 bits per heavy atom. The lowest BCUT2D eigenvalue weighted by molar-refractivity contribution is -0.139. The molecule has 2 fully saturated rings. The van der Waals surface area contributed by atoms with Gasteiger partial charge < -0.3 is 9.64 Å². The van der Waals surface area contributed by atoms with Crippen LogP contribution in [0.25, 0.3) is 5.65 Å². The number of likely N-dealkylation sites (tertiary alicyclic amines) is 2. The number of carbonyl (C=O) groups excluding carboxylic acids is 1. The fraction of sp³-hybridized carbons (Fsp3) is 0.591. The molecule has 0 unspecified atom stereocenters. The van der Waals surface area contributed by atoms with E-state index < -0.39 is 0 Å². The summed E-state index contributed by atoms with van der Waals surface area (Å²) in [5.74, 6) is 0.287. The molecule has 2 saturated heterocycles. The zero-order valence-corrected chi connectivity index (χ0v) is 17.2. The fourth-order valence-electron chi connectivity index (χ4n) is 4.71. The molecule has 2 aliphatic rings. The van der Waals surface area contributed by atoms with Gasteiger partial charge in [0, 0.05) is 52.0 Å². The van der Waals surface area contributed by atoms with Crippen LogP contribution in [0.15, 0.2) is 35.3 Å². The van der Waals surface area contributed by atoms with Crippen LogP contribution in [0.2, 0.25) is 0 Å². The number of hydrogen-bond donors (Lipinski definition) is 0. The Hall–Kier alpha value is -2.25. The Morgan fingerprint density at radius 2 is 2.00 bits per heavy atom. The summed E-state index contributed by atoms with van der Waals surface area (Å²) in [6, 6.07) is 7.26. The number of carbonyl (C=O) groups is 1. The van der Waals surface area contributed by atoms with Crippen LogP contribution >= 0.6 is 0 Å². The monoisotopic (exact) mass is 398 g/mol. The predicted molar refractivity (Wildman–Crippen MR) is 111 cm³/mol. The van der Waals surface area contributed by atoms with Gasteiger partial charge in [0.1, 0.15) is 5.65 Å². The van der Waals surface area contributed by atoms with Gasteiger partial charge in [0.25, 0.3) is 5.56 Å². The Bertz CT molecular complexity index is 918. The summed E-state index contributed by atoms with van der Waals surface area (Å²) in [5.41, 5.74) is 1.74. The SMILES string of the molecule is COCCCN1CC2(CCC1=O)CCN(Cc1cc(=O)n3ccccc3n1)CC2. The molecule has 29 heavy (non-hydrogen) atoms. The number of methoxy groups -OCH3 is 1. The highest BCUT2D eigenvalue weighted by atomic mass is 16.5. The van der Waals surface area contributed by atoms with E-state index in [1.54, 1.807) is 23.8 Å². The third kappa shape index (κ3) is 4.51. The predicted octanol–water partition coefficient (Wildman–Crippen LogP) is 1.94. The third-order valence-electron chi connectivity index (χ3n) is 6.45. The van der Waals surface area contributed by atoms with Crippen LogP contribution in [0, 0.1) is 5.41 Å². The minimum absolute atomic E-state index is 0.0310. The summed E-state index contributed by atoms with van der Waals surface area (Å²) < 4.78 is 6.71. The number of rotatable bonds is 6. The molecule has 0 aliphatic carbocycles. The number of aromatic nitrogens is 2. The lowest BCUT2D eigenvalue weighted by Crippen LogP contribution is -2.51. The summed E-state index contributed by atoms with van der Waals surface area (Å²) in [6.45, 7) is 5.03. The molecule has 4 heterocycles. The zero-order chi connectivity index (χ0) is 20.3. The molecule has 0 aromatic carbocycles. The first-order valence-electron chi connectivity index (χ1n) is 10.5. The van der Waals surface area contributed by atoms with Crippen molar-refractivity contribution < 1.29 is 9.53 Å². The average molecular weight is 399 g/mol. The molecule has 0 bridgehead atoms. The normalized spacial score (nSPS) is 19.9. The molecule has 0 atom stereocenters. The van der Waals surface area contributed by atoms with Gasteiger partial charge in [-0.05, 0) is 56.3 Å². The maximum Gasteiger partial charge on any atom is 0.258 e. The van der Waals surface area contributed by atoms with E-state index >= 15 is 0 Å². The lowest BCUT2D eigenvalue weighted by atomic mass is 9.72. The molecular formula is C22H30N4O3. The molecule has 7 heteroatoms. The largest absolute Gasteiger partial charge is 0.385 e. The molecular weight excluding hydrogens is 368 g/mol. The second-order valence-electron chi connectivity index (χ2n) is 8.45. The molecule has 2 aromatic rings. The maximum atomic E-state index is 12.3. The number of piperidine rings is 2. The van der Waals surface area contributed by atoms with Crippen LogP contribution in [0.3, 0.4) is 0 Å². The molecule has 2 aromatic heterocycles. The first-order chi connectivity index (χ1) is 14.1. The standard InChI is InChI=1S/C22H30N4O3/c1-29-14-4-10-25-17-22(7-6-20(25)27)8-12-24(13-9-22)16-18-15-21(28)26-11-3-2-5-19(26)23-18/h2-3,5,11,15H,4,6-10,12-14,16-17H2,1H3. The van der Waals surface area contributed by atoms with E-state index in [2.05, 4.69) is 9.88 Å². The second kappa shape index (κ2) is 8.63. The van der Waals surface area contributed by atoms with Gasteiger partial charge in [-0.25, -0.2) is 4.98 Å². The van der Waals surface area contributed by atoms with Crippen molar-refractivity contribution in [3.05, 3.63) is 46.5 Å². The number of hydrogen-bond acceptors (Lipinski definition) is 5. The molecule has 0 radical (unpaired) electrons. The Morgan fingerprint density at radius 1 is 1.17 bits per heavy atom. The molecule has 0 saturated carbocycles. The number of fused-ring (bicyclic) bond motifs is 1. The molecule has 1 amide bonds. The van der Waals surface area contributed by atoms with Gasteiger partial charge in [-0.3, -0.25) is 18.9 Å². The quantitative estimate of drug-likeness (QED) is 0.696. The van der Waals surface area contributed by atoms with E-state index in [0.717, 1.165) is 57.6 Å². The van der Waals surface area contributed by atoms with Gasteiger partial charge in [0.05, 0.1) is 5.69 Å². The van der Waals surface area contributed by atoms with Crippen LogP contribution in [-0.2, 0) is 16.1 Å². The summed E-state index contributed by atoms with van der Waals surface area (Å²) in [6.07, 6.45) is 6.49. The number of ether oxygens (including phenoxy) is 1. The van der Waals surface area contributed by atoms with Crippen molar-refractivity contribution >= 4 is 11.6 Å². The summed E-state index contributed by atoms with van der Waals surface area (Å²) >= 11 is 0. The van der Waals surface area contributed by atoms with Gasteiger partial charge in [-0.15, -0.1) is 0 Å². The van der Waals surface area contributed by atoms with E-state index in [1.807, 2.05) is 23.1 Å². The van der Waals surface area contributed by atoms with Crippen LogP contribution in [-0.4, -0.2) is 65.0 Å². The maximum absolute atomic E-state index is 12.3. The highest BCUT2D eigenvalue weighted by Crippen LogP contribution is 2.40. The van der Waals surface area contributed by atoms with Crippen molar-refractivity contribution in [3.63, 3.8) is 0 Å². The summed E-state index contributed by atoms with van der Waals surface area (Å²) in [7, 11) is 1.70. The first-order valence-corrected chi connectivity index (χ1v) is 10.5. The summed E-state index contributed by atoms with van der Waals surface area (Å²) in [5, 5.41) is 0. The molecule has 1 spiro atoms. The smallest absolute Gasteiger partial charge is 0.258 e. The first kappa shape index (κ1) is 20.0. The molecule has 4 rings (SSSR count). The Labute approximate surface area is 171 Å². The van der Waals surface area contributed by atoms with Crippen LogP contribution in [0.4, 0.5) is 0 Å². The van der Waals surface area contributed by atoms with Crippen molar-refractivity contribution in [1.82, 2.24) is 19.2 Å².